The van der Waals surface area contributed by atoms with Crippen molar-refractivity contribution in [1.82, 2.24) is 4.90 Å². The fourth-order valence-electron chi connectivity index (χ4n) is 2.21. The summed E-state index contributed by atoms with van der Waals surface area (Å²) in [6.07, 6.45) is 1.15. The SMILES string of the molecule is CCCN(C)Cc1oc2ccccc2c1CN. The van der Waals surface area contributed by atoms with Gasteiger partial charge in [-0.15, -0.1) is 0 Å². The molecule has 1 aromatic carbocycles. The van der Waals surface area contributed by atoms with Crippen LogP contribution in [0.15, 0.2) is 28.7 Å². The Hall–Kier alpha value is -1.32. The average Bonchev–Trinajstić information content (AvgIpc) is 2.66. The fraction of sp³-hybridized carbons (Fsp3) is 0.429. The number of para-hydroxylation sites is 1. The van der Waals surface area contributed by atoms with Crippen LogP contribution in [-0.2, 0) is 13.1 Å². The van der Waals surface area contributed by atoms with Gasteiger partial charge in [0.25, 0.3) is 0 Å². The van der Waals surface area contributed by atoms with Gasteiger partial charge in [-0.2, -0.15) is 0 Å². The minimum atomic E-state index is 0.534. The Bertz CT molecular complexity index is 490. The highest BCUT2D eigenvalue weighted by atomic mass is 16.3. The zero-order valence-corrected chi connectivity index (χ0v) is 10.6. The number of nitrogens with zero attached hydrogens (tertiary/aromatic N) is 1. The Kier molecular flexibility index (Phi) is 3.82. The van der Waals surface area contributed by atoms with E-state index in [-0.39, 0.29) is 0 Å². The molecule has 0 unspecified atom stereocenters. The van der Waals surface area contributed by atoms with E-state index in [4.69, 9.17) is 10.2 Å². The van der Waals surface area contributed by atoms with E-state index >= 15 is 0 Å². The Morgan fingerprint density at radius 1 is 1.29 bits per heavy atom. The minimum Gasteiger partial charge on any atom is -0.459 e. The fourth-order valence-corrected chi connectivity index (χ4v) is 2.21. The van der Waals surface area contributed by atoms with Crippen molar-refractivity contribution in [3.63, 3.8) is 0 Å². The number of rotatable bonds is 5. The Morgan fingerprint density at radius 2 is 2.06 bits per heavy atom. The van der Waals surface area contributed by atoms with E-state index in [0.717, 1.165) is 41.8 Å². The molecule has 2 aromatic rings. The standard InChI is InChI=1S/C14H20N2O/c1-3-8-16(2)10-14-12(9-15)11-6-4-5-7-13(11)17-14/h4-7H,3,8-10,15H2,1-2H3. The third-order valence-electron chi connectivity index (χ3n) is 3.00. The molecule has 3 heteroatoms. The first kappa shape index (κ1) is 12.1. The second-order valence-electron chi connectivity index (χ2n) is 4.44. The highest BCUT2D eigenvalue weighted by Crippen LogP contribution is 2.26. The minimum absolute atomic E-state index is 0.534. The van der Waals surface area contributed by atoms with E-state index < -0.39 is 0 Å². The van der Waals surface area contributed by atoms with Crippen LogP contribution in [0.5, 0.6) is 0 Å². The summed E-state index contributed by atoms with van der Waals surface area (Å²) >= 11 is 0. The van der Waals surface area contributed by atoms with E-state index in [0.29, 0.717) is 6.54 Å². The molecule has 0 saturated carbocycles. The molecule has 0 spiro atoms. The van der Waals surface area contributed by atoms with Gasteiger partial charge in [0, 0.05) is 17.5 Å². The molecule has 0 aliphatic heterocycles. The summed E-state index contributed by atoms with van der Waals surface area (Å²) < 4.78 is 5.89. The van der Waals surface area contributed by atoms with Crippen LogP contribution in [0.2, 0.25) is 0 Å². The van der Waals surface area contributed by atoms with Gasteiger partial charge in [-0.05, 0) is 26.1 Å². The second kappa shape index (κ2) is 5.34. The molecule has 0 fully saturated rings. The van der Waals surface area contributed by atoms with Crippen molar-refractivity contribution in [2.45, 2.75) is 26.4 Å². The van der Waals surface area contributed by atoms with Gasteiger partial charge in [0.1, 0.15) is 11.3 Å². The molecular weight excluding hydrogens is 212 g/mol. The molecule has 0 saturated heterocycles. The zero-order valence-electron chi connectivity index (χ0n) is 10.6. The summed E-state index contributed by atoms with van der Waals surface area (Å²) in [6, 6.07) is 8.09. The van der Waals surface area contributed by atoms with Gasteiger partial charge >= 0.3 is 0 Å². The normalized spacial score (nSPS) is 11.5. The largest absolute Gasteiger partial charge is 0.459 e. The molecule has 0 aliphatic carbocycles. The molecule has 2 N–H and O–H groups in total. The highest BCUT2D eigenvalue weighted by Gasteiger charge is 2.13. The third kappa shape index (κ3) is 2.51. The van der Waals surface area contributed by atoms with Crippen LogP contribution >= 0.6 is 0 Å². The van der Waals surface area contributed by atoms with Crippen LogP contribution in [0.3, 0.4) is 0 Å². The van der Waals surface area contributed by atoms with E-state index in [9.17, 15) is 0 Å². The summed E-state index contributed by atoms with van der Waals surface area (Å²) in [6.45, 7) is 4.61. The number of fused-ring (bicyclic) bond motifs is 1. The maximum atomic E-state index is 5.89. The van der Waals surface area contributed by atoms with Crippen molar-refractivity contribution in [1.29, 1.82) is 0 Å². The van der Waals surface area contributed by atoms with Crippen LogP contribution in [0, 0.1) is 0 Å². The summed E-state index contributed by atoms with van der Waals surface area (Å²) in [5, 5.41) is 1.15. The highest BCUT2D eigenvalue weighted by molar-refractivity contribution is 5.82. The van der Waals surface area contributed by atoms with Crippen molar-refractivity contribution >= 4 is 11.0 Å². The summed E-state index contributed by atoms with van der Waals surface area (Å²) in [7, 11) is 2.11. The van der Waals surface area contributed by atoms with Crippen LogP contribution in [0.25, 0.3) is 11.0 Å². The van der Waals surface area contributed by atoms with Crippen LogP contribution in [0.1, 0.15) is 24.7 Å². The molecule has 2 rings (SSSR count). The van der Waals surface area contributed by atoms with Crippen molar-refractivity contribution in [2.24, 2.45) is 5.73 Å². The first-order valence-electron chi connectivity index (χ1n) is 6.14. The van der Waals surface area contributed by atoms with Gasteiger partial charge < -0.3 is 10.2 Å². The van der Waals surface area contributed by atoms with E-state index in [2.05, 4.69) is 24.9 Å². The Labute approximate surface area is 102 Å². The Morgan fingerprint density at radius 3 is 2.76 bits per heavy atom. The lowest BCUT2D eigenvalue weighted by Gasteiger charge is -2.14. The first-order valence-corrected chi connectivity index (χ1v) is 6.14. The molecule has 0 aliphatic rings. The van der Waals surface area contributed by atoms with Crippen LogP contribution < -0.4 is 5.73 Å². The second-order valence-corrected chi connectivity index (χ2v) is 4.44. The molecule has 0 radical (unpaired) electrons. The number of hydrogen-bond donors (Lipinski definition) is 1. The maximum Gasteiger partial charge on any atom is 0.134 e. The number of nitrogens with two attached hydrogens (primary N) is 1. The molecule has 0 bridgehead atoms. The predicted molar refractivity (Wildman–Crippen MR) is 70.7 cm³/mol. The summed E-state index contributed by atoms with van der Waals surface area (Å²) in [4.78, 5) is 2.26. The monoisotopic (exact) mass is 232 g/mol. The summed E-state index contributed by atoms with van der Waals surface area (Å²) in [5.74, 6) is 1.00. The lowest BCUT2D eigenvalue weighted by molar-refractivity contribution is 0.298. The molecule has 92 valence electrons. The van der Waals surface area contributed by atoms with Gasteiger partial charge in [-0.1, -0.05) is 25.1 Å². The third-order valence-corrected chi connectivity index (χ3v) is 3.00. The predicted octanol–water partition coefficient (Wildman–Crippen LogP) is 2.73. The number of furan rings is 1. The van der Waals surface area contributed by atoms with Gasteiger partial charge in [0.05, 0.1) is 6.54 Å². The maximum absolute atomic E-state index is 5.89. The zero-order chi connectivity index (χ0) is 12.3. The smallest absolute Gasteiger partial charge is 0.134 e. The summed E-state index contributed by atoms with van der Waals surface area (Å²) in [5.41, 5.74) is 7.91. The molecular formula is C14H20N2O. The quantitative estimate of drug-likeness (QED) is 0.862. The van der Waals surface area contributed by atoms with Crippen molar-refractivity contribution in [3.8, 4) is 0 Å². The van der Waals surface area contributed by atoms with E-state index in [1.165, 1.54) is 0 Å². The van der Waals surface area contributed by atoms with Crippen molar-refractivity contribution in [2.75, 3.05) is 13.6 Å². The molecule has 17 heavy (non-hydrogen) atoms. The molecule has 0 amide bonds. The van der Waals surface area contributed by atoms with Gasteiger partial charge in [-0.25, -0.2) is 0 Å². The van der Waals surface area contributed by atoms with Gasteiger partial charge in [0.2, 0.25) is 0 Å². The lowest BCUT2D eigenvalue weighted by Crippen LogP contribution is -2.19. The van der Waals surface area contributed by atoms with E-state index in [1.807, 2.05) is 18.2 Å². The van der Waals surface area contributed by atoms with Crippen molar-refractivity contribution in [3.05, 3.63) is 35.6 Å². The number of hydrogen-bond acceptors (Lipinski definition) is 3. The van der Waals surface area contributed by atoms with Crippen LogP contribution in [-0.4, -0.2) is 18.5 Å². The number of benzene rings is 1. The topological polar surface area (TPSA) is 42.4 Å². The Balaban J connectivity index is 2.33. The van der Waals surface area contributed by atoms with Crippen LogP contribution in [0.4, 0.5) is 0 Å². The van der Waals surface area contributed by atoms with Gasteiger partial charge in [-0.3, -0.25) is 4.90 Å². The molecule has 1 aromatic heterocycles. The average molecular weight is 232 g/mol. The molecule has 1 heterocycles. The lowest BCUT2D eigenvalue weighted by atomic mass is 10.1. The van der Waals surface area contributed by atoms with Crippen molar-refractivity contribution < 1.29 is 4.42 Å². The molecule has 0 atom stereocenters. The first-order chi connectivity index (χ1) is 8.26. The molecule has 3 nitrogen and oxygen atoms in total. The van der Waals surface area contributed by atoms with Gasteiger partial charge in [0.15, 0.2) is 0 Å². The van der Waals surface area contributed by atoms with E-state index in [1.54, 1.807) is 0 Å².